The Morgan fingerprint density at radius 3 is 2.42 bits per heavy atom. The van der Waals surface area contributed by atoms with Crippen molar-refractivity contribution in [1.82, 2.24) is 5.32 Å². The summed E-state index contributed by atoms with van der Waals surface area (Å²) in [4.78, 5) is 11.7. The van der Waals surface area contributed by atoms with Crippen molar-refractivity contribution in [2.45, 2.75) is 38.1 Å². The topological polar surface area (TPSA) is 89.3 Å². The molecule has 1 aromatic carbocycles. The van der Waals surface area contributed by atoms with Gasteiger partial charge >= 0.3 is 0 Å². The van der Waals surface area contributed by atoms with Crippen molar-refractivity contribution in [3.8, 4) is 0 Å². The Bertz CT molecular complexity index is 586. The van der Waals surface area contributed by atoms with Gasteiger partial charge in [0.05, 0.1) is 10.6 Å². The lowest BCUT2D eigenvalue weighted by Crippen LogP contribution is -2.43. The van der Waals surface area contributed by atoms with E-state index >= 15 is 0 Å². The average molecular weight is 284 g/mol. The molecular weight excluding hydrogens is 264 g/mol. The number of nitrogens with two attached hydrogens (primary N) is 1. The van der Waals surface area contributed by atoms with E-state index in [1.807, 2.05) is 0 Å². The number of nitrogens with one attached hydrogen (secondary N) is 1. The predicted octanol–water partition coefficient (Wildman–Crippen LogP) is 1.27. The van der Waals surface area contributed by atoms with Crippen LogP contribution >= 0.6 is 0 Å². The summed E-state index contributed by atoms with van der Waals surface area (Å²) in [5.41, 5.74) is 6.17. The Hall–Kier alpha value is -1.56. The first-order chi connectivity index (χ1) is 8.53. The molecule has 3 N–H and O–H groups in total. The van der Waals surface area contributed by atoms with E-state index in [-0.39, 0.29) is 10.6 Å². The van der Waals surface area contributed by atoms with Crippen LogP contribution in [0.4, 0.5) is 5.69 Å². The van der Waals surface area contributed by atoms with Gasteiger partial charge in [-0.05, 0) is 39.3 Å². The zero-order valence-electron chi connectivity index (χ0n) is 11.6. The van der Waals surface area contributed by atoms with Gasteiger partial charge in [0.25, 0.3) is 0 Å². The molecule has 0 aliphatic rings. The minimum atomic E-state index is -3.72. The van der Waals surface area contributed by atoms with E-state index in [1.54, 1.807) is 39.8 Å². The van der Waals surface area contributed by atoms with Crippen molar-refractivity contribution >= 4 is 21.4 Å². The first kappa shape index (κ1) is 15.5. The summed E-state index contributed by atoms with van der Waals surface area (Å²) in [5, 5.41) is 2.62. The number of sulfone groups is 1. The van der Waals surface area contributed by atoms with E-state index in [4.69, 9.17) is 5.73 Å². The van der Waals surface area contributed by atoms with Crippen molar-refractivity contribution in [3.05, 3.63) is 23.8 Å². The van der Waals surface area contributed by atoms with Crippen LogP contribution in [0.5, 0.6) is 0 Å². The minimum Gasteiger partial charge on any atom is -0.397 e. The quantitative estimate of drug-likeness (QED) is 0.818. The van der Waals surface area contributed by atoms with E-state index in [0.717, 1.165) is 0 Å². The molecule has 6 heteroatoms. The second kappa shape index (κ2) is 5.21. The Morgan fingerprint density at radius 1 is 1.32 bits per heavy atom. The number of nitrogen functional groups attached to an aromatic ring is 1. The van der Waals surface area contributed by atoms with Crippen LogP contribution in [0.15, 0.2) is 23.1 Å². The first-order valence-corrected chi connectivity index (χ1v) is 7.57. The first-order valence-electron chi connectivity index (χ1n) is 5.92. The number of rotatable bonds is 3. The highest BCUT2D eigenvalue weighted by atomic mass is 32.2. The van der Waals surface area contributed by atoms with Crippen LogP contribution in [0.1, 0.15) is 26.3 Å². The second-order valence-electron chi connectivity index (χ2n) is 5.54. The number of hydrogen-bond donors (Lipinski definition) is 2. The van der Waals surface area contributed by atoms with E-state index < -0.39 is 27.0 Å². The molecule has 0 saturated heterocycles. The number of benzene rings is 1. The van der Waals surface area contributed by atoms with Gasteiger partial charge in [-0.25, -0.2) is 8.42 Å². The fourth-order valence-electron chi connectivity index (χ4n) is 1.63. The Balaban J connectivity index is 3.00. The van der Waals surface area contributed by atoms with Crippen LogP contribution < -0.4 is 11.1 Å². The fraction of sp³-hybridized carbons (Fsp3) is 0.462. The van der Waals surface area contributed by atoms with Gasteiger partial charge in [-0.1, -0.05) is 12.1 Å². The summed E-state index contributed by atoms with van der Waals surface area (Å²) in [6, 6.07) is 4.76. The Labute approximate surface area is 114 Å². The third kappa shape index (κ3) is 4.24. The molecule has 0 heterocycles. The van der Waals surface area contributed by atoms with E-state index in [0.29, 0.717) is 5.56 Å². The average Bonchev–Trinajstić information content (AvgIpc) is 2.17. The molecule has 0 atom stereocenters. The summed E-state index contributed by atoms with van der Waals surface area (Å²) in [6.07, 6.45) is 0. The van der Waals surface area contributed by atoms with Gasteiger partial charge in [-0.2, -0.15) is 0 Å². The lowest BCUT2D eigenvalue weighted by molar-refractivity contribution is -0.120. The molecule has 0 spiro atoms. The third-order valence-electron chi connectivity index (χ3n) is 2.45. The van der Waals surface area contributed by atoms with E-state index in [9.17, 15) is 13.2 Å². The maximum atomic E-state index is 12.2. The molecule has 0 bridgehead atoms. The molecular formula is C13H20N2O3S. The summed E-state index contributed by atoms with van der Waals surface area (Å²) < 4.78 is 24.3. The van der Waals surface area contributed by atoms with Gasteiger partial charge in [-0.15, -0.1) is 0 Å². The monoisotopic (exact) mass is 284 g/mol. The molecule has 0 aliphatic carbocycles. The zero-order valence-corrected chi connectivity index (χ0v) is 12.5. The Morgan fingerprint density at radius 2 is 1.89 bits per heavy atom. The molecule has 1 aromatic rings. The van der Waals surface area contributed by atoms with E-state index in [1.165, 1.54) is 6.07 Å². The molecule has 1 amide bonds. The molecule has 0 aromatic heterocycles. The van der Waals surface area contributed by atoms with Crippen molar-refractivity contribution < 1.29 is 13.2 Å². The maximum absolute atomic E-state index is 12.2. The number of amides is 1. The SMILES string of the molecule is Cc1cccc(S(=O)(=O)CC(=O)NC(C)(C)C)c1N. The molecule has 5 nitrogen and oxygen atoms in total. The van der Waals surface area contributed by atoms with Crippen LogP contribution in [0.2, 0.25) is 0 Å². The van der Waals surface area contributed by atoms with Crippen LogP contribution in [-0.4, -0.2) is 25.6 Å². The smallest absolute Gasteiger partial charge is 0.235 e. The van der Waals surface area contributed by atoms with Gasteiger partial charge < -0.3 is 11.1 Å². The number of carbonyl (C=O) groups is 1. The summed E-state index contributed by atoms with van der Waals surface area (Å²) in [7, 11) is -3.72. The number of carbonyl (C=O) groups excluding carboxylic acids is 1. The third-order valence-corrected chi connectivity index (χ3v) is 4.12. The van der Waals surface area contributed by atoms with Crippen molar-refractivity contribution in [2.75, 3.05) is 11.5 Å². The number of hydrogen-bond acceptors (Lipinski definition) is 4. The zero-order chi connectivity index (χ0) is 14.8. The second-order valence-corrected chi connectivity index (χ2v) is 7.50. The molecule has 0 fully saturated rings. The fourth-order valence-corrected chi connectivity index (χ4v) is 2.98. The van der Waals surface area contributed by atoms with Crippen molar-refractivity contribution in [2.24, 2.45) is 0 Å². The van der Waals surface area contributed by atoms with Crippen LogP contribution in [0.3, 0.4) is 0 Å². The van der Waals surface area contributed by atoms with Gasteiger partial charge in [0.15, 0.2) is 9.84 Å². The highest BCUT2D eigenvalue weighted by molar-refractivity contribution is 7.92. The lowest BCUT2D eigenvalue weighted by Gasteiger charge is -2.20. The van der Waals surface area contributed by atoms with Gasteiger partial charge in [0.2, 0.25) is 5.91 Å². The molecule has 106 valence electrons. The van der Waals surface area contributed by atoms with Gasteiger partial charge in [0.1, 0.15) is 5.75 Å². The minimum absolute atomic E-state index is 0.0107. The van der Waals surface area contributed by atoms with Crippen LogP contribution in [0, 0.1) is 6.92 Å². The van der Waals surface area contributed by atoms with Crippen molar-refractivity contribution in [3.63, 3.8) is 0 Å². The highest BCUT2D eigenvalue weighted by Gasteiger charge is 2.24. The normalized spacial score (nSPS) is 12.2. The van der Waals surface area contributed by atoms with Gasteiger partial charge in [-0.3, -0.25) is 4.79 Å². The highest BCUT2D eigenvalue weighted by Crippen LogP contribution is 2.22. The summed E-state index contributed by atoms with van der Waals surface area (Å²) in [6.45, 7) is 7.10. The summed E-state index contributed by atoms with van der Waals surface area (Å²) >= 11 is 0. The number of anilines is 1. The molecule has 19 heavy (non-hydrogen) atoms. The van der Waals surface area contributed by atoms with Crippen LogP contribution in [0.25, 0.3) is 0 Å². The maximum Gasteiger partial charge on any atom is 0.235 e. The molecule has 0 saturated carbocycles. The van der Waals surface area contributed by atoms with Gasteiger partial charge in [0, 0.05) is 5.54 Å². The predicted molar refractivity (Wildman–Crippen MR) is 75.5 cm³/mol. The largest absolute Gasteiger partial charge is 0.397 e. The molecule has 1 rings (SSSR count). The Kier molecular flexibility index (Phi) is 4.25. The molecule has 0 aliphatic heterocycles. The number of aryl methyl sites for hydroxylation is 1. The number of para-hydroxylation sites is 1. The molecule has 0 unspecified atom stereocenters. The summed E-state index contributed by atoms with van der Waals surface area (Å²) in [5.74, 6) is -1.13. The standard InChI is InChI=1S/C13H20N2O3S/c1-9-6-5-7-10(12(9)14)19(17,18)8-11(16)15-13(2,3)4/h5-7H,8,14H2,1-4H3,(H,15,16). The lowest BCUT2D eigenvalue weighted by atomic mass is 10.1. The van der Waals surface area contributed by atoms with Crippen LogP contribution in [-0.2, 0) is 14.6 Å². The molecule has 0 radical (unpaired) electrons. The van der Waals surface area contributed by atoms with Crippen molar-refractivity contribution in [1.29, 1.82) is 0 Å². The van der Waals surface area contributed by atoms with E-state index in [2.05, 4.69) is 5.32 Å².